The number of amides is 2. The van der Waals surface area contributed by atoms with Crippen molar-refractivity contribution in [1.82, 2.24) is 9.88 Å². The number of rotatable bonds is 4. The predicted octanol–water partition coefficient (Wildman–Crippen LogP) is 3.42. The number of anilines is 1. The zero-order chi connectivity index (χ0) is 22.9. The third-order valence-corrected chi connectivity index (χ3v) is 6.86. The number of hydrogen-bond acceptors (Lipinski definition) is 4. The lowest BCUT2D eigenvalue weighted by Crippen LogP contribution is -2.40. The molecule has 0 unspecified atom stereocenters. The molecule has 33 heavy (non-hydrogen) atoms. The number of aryl methyl sites for hydroxylation is 2. The topological polar surface area (TPSA) is 74.9 Å². The molecule has 2 amide bonds. The van der Waals surface area contributed by atoms with Crippen LogP contribution in [0.1, 0.15) is 45.7 Å². The van der Waals surface area contributed by atoms with Crippen molar-refractivity contribution in [1.29, 1.82) is 0 Å². The number of hydrogen-bond donors (Lipinski definition) is 1. The van der Waals surface area contributed by atoms with Gasteiger partial charge in [0, 0.05) is 55.4 Å². The number of carbonyl (C=O) groups excluding carboxylic acids is 2. The maximum absolute atomic E-state index is 13.6. The van der Waals surface area contributed by atoms with E-state index in [2.05, 4.69) is 11.1 Å². The molecule has 4 heterocycles. The normalized spacial score (nSPS) is 20.5. The van der Waals surface area contributed by atoms with E-state index in [9.17, 15) is 9.59 Å². The van der Waals surface area contributed by atoms with Gasteiger partial charge in [-0.15, -0.1) is 0 Å². The van der Waals surface area contributed by atoms with Crippen LogP contribution < -0.4 is 4.90 Å². The molecule has 3 aliphatic rings. The van der Waals surface area contributed by atoms with E-state index in [0.717, 1.165) is 54.3 Å². The minimum Gasteiger partial charge on any atom is -0.381 e. The van der Waals surface area contributed by atoms with Gasteiger partial charge in [-0.25, -0.2) is 0 Å². The highest BCUT2D eigenvalue weighted by molar-refractivity contribution is 6.36. The molecule has 0 aliphatic carbocycles. The van der Waals surface area contributed by atoms with Gasteiger partial charge in [0.15, 0.2) is 0 Å². The molecule has 3 aliphatic heterocycles. The number of carbonyl (C=O) groups is 2. The van der Waals surface area contributed by atoms with Gasteiger partial charge in [0.25, 0.3) is 11.8 Å². The predicted molar refractivity (Wildman–Crippen MR) is 127 cm³/mol. The standard InChI is InChI=1S/C26H31N3O4/c1-17-13-18(2)27-23(17)15-22-21-4-3-20(25(30)28-7-11-33-12-8-28)14-24(21)29(26(22)31)16-19-5-9-32-10-6-19/h3-4,13-15,19,27H,5-12,16H2,1-2H3/b22-15-. The van der Waals surface area contributed by atoms with E-state index in [1.165, 1.54) is 0 Å². The summed E-state index contributed by atoms with van der Waals surface area (Å²) < 4.78 is 10.9. The molecule has 1 aromatic carbocycles. The van der Waals surface area contributed by atoms with Gasteiger partial charge >= 0.3 is 0 Å². The molecule has 2 fully saturated rings. The van der Waals surface area contributed by atoms with Gasteiger partial charge < -0.3 is 24.3 Å². The quantitative estimate of drug-likeness (QED) is 0.726. The average molecular weight is 450 g/mol. The summed E-state index contributed by atoms with van der Waals surface area (Å²) in [6.07, 6.45) is 3.84. The summed E-state index contributed by atoms with van der Waals surface area (Å²) in [5.41, 5.74) is 6.13. The van der Waals surface area contributed by atoms with E-state index in [1.54, 1.807) is 0 Å². The molecule has 7 nitrogen and oxygen atoms in total. The first-order valence-electron chi connectivity index (χ1n) is 11.8. The van der Waals surface area contributed by atoms with Crippen LogP contribution in [-0.2, 0) is 14.3 Å². The van der Waals surface area contributed by atoms with E-state index in [-0.39, 0.29) is 11.8 Å². The van der Waals surface area contributed by atoms with Crippen LogP contribution in [0.5, 0.6) is 0 Å². The number of H-pyrrole nitrogens is 1. The van der Waals surface area contributed by atoms with E-state index < -0.39 is 0 Å². The molecule has 1 N–H and O–H groups in total. The fourth-order valence-corrected chi connectivity index (χ4v) is 4.99. The lowest BCUT2D eigenvalue weighted by atomic mass is 9.99. The number of aromatic amines is 1. The molecule has 0 bridgehead atoms. The Balaban J connectivity index is 1.52. The van der Waals surface area contributed by atoms with Crippen molar-refractivity contribution in [2.75, 3.05) is 51.0 Å². The van der Waals surface area contributed by atoms with Gasteiger partial charge in [-0.2, -0.15) is 0 Å². The summed E-state index contributed by atoms with van der Waals surface area (Å²) in [6, 6.07) is 7.76. The zero-order valence-corrected chi connectivity index (χ0v) is 19.4. The summed E-state index contributed by atoms with van der Waals surface area (Å²) in [7, 11) is 0. The van der Waals surface area contributed by atoms with Crippen molar-refractivity contribution in [2.24, 2.45) is 5.92 Å². The summed E-state index contributed by atoms with van der Waals surface area (Å²) >= 11 is 0. The number of nitrogens with one attached hydrogen (secondary N) is 1. The second-order valence-corrected chi connectivity index (χ2v) is 9.22. The Hall–Kier alpha value is -2.90. The van der Waals surface area contributed by atoms with Crippen LogP contribution in [0.2, 0.25) is 0 Å². The minimum atomic E-state index is -0.00664. The number of aromatic nitrogens is 1. The number of fused-ring (bicyclic) bond motifs is 1. The maximum Gasteiger partial charge on any atom is 0.259 e. The maximum atomic E-state index is 13.6. The van der Waals surface area contributed by atoms with Crippen molar-refractivity contribution in [2.45, 2.75) is 26.7 Å². The van der Waals surface area contributed by atoms with Crippen molar-refractivity contribution in [3.63, 3.8) is 0 Å². The Kier molecular flexibility index (Phi) is 6.08. The SMILES string of the molecule is Cc1cc(C)c(/C=C2\C(=O)N(CC3CCOCC3)c3cc(C(=O)N4CCOCC4)ccc32)[nH]1. The van der Waals surface area contributed by atoms with E-state index in [1.807, 2.05) is 47.9 Å². The van der Waals surface area contributed by atoms with Crippen LogP contribution in [0.4, 0.5) is 5.69 Å². The molecule has 0 saturated carbocycles. The van der Waals surface area contributed by atoms with Crippen LogP contribution in [0, 0.1) is 19.8 Å². The first-order chi connectivity index (χ1) is 16.0. The van der Waals surface area contributed by atoms with E-state index in [4.69, 9.17) is 9.47 Å². The van der Waals surface area contributed by atoms with Crippen molar-refractivity contribution < 1.29 is 19.1 Å². The fourth-order valence-electron chi connectivity index (χ4n) is 4.99. The molecule has 7 heteroatoms. The van der Waals surface area contributed by atoms with Gasteiger partial charge in [-0.3, -0.25) is 9.59 Å². The van der Waals surface area contributed by atoms with Gasteiger partial charge in [0.2, 0.25) is 0 Å². The Morgan fingerprint density at radius 1 is 1.09 bits per heavy atom. The van der Waals surface area contributed by atoms with Crippen molar-refractivity contribution in [3.8, 4) is 0 Å². The summed E-state index contributed by atoms with van der Waals surface area (Å²) in [4.78, 5) is 33.8. The van der Waals surface area contributed by atoms with Gasteiger partial charge in [0.05, 0.1) is 24.5 Å². The number of ether oxygens (including phenoxy) is 2. The molecule has 0 atom stereocenters. The summed E-state index contributed by atoms with van der Waals surface area (Å²) in [6.45, 7) is 8.48. The highest BCUT2D eigenvalue weighted by Crippen LogP contribution is 2.40. The first-order valence-corrected chi connectivity index (χ1v) is 11.8. The second-order valence-electron chi connectivity index (χ2n) is 9.22. The Bertz CT molecular complexity index is 1090. The lowest BCUT2D eigenvalue weighted by Gasteiger charge is -2.28. The van der Waals surface area contributed by atoms with Gasteiger partial charge in [-0.1, -0.05) is 6.07 Å². The highest BCUT2D eigenvalue weighted by atomic mass is 16.5. The lowest BCUT2D eigenvalue weighted by molar-refractivity contribution is -0.113. The largest absolute Gasteiger partial charge is 0.381 e. The average Bonchev–Trinajstić information content (AvgIpc) is 3.29. The Morgan fingerprint density at radius 2 is 1.82 bits per heavy atom. The fraction of sp³-hybridized carbons (Fsp3) is 0.462. The first kappa shape index (κ1) is 21.9. The monoisotopic (exact) mass is 449 g/mol. The Labute approximate surface area is 194 Å². The van der Waals surface area contributed by atoms with E-state index in [0.29, 0.717) is 49.9 Å². The number of benzene rings is 1. The molecule has 2 aromatic rings. The van der Waals surface area contributed by atoms with Gasteiger partial charge in [0.1, 0.15) is 0 Å². The van der Waals surface area contributed by atoms with Crippen LogP contribution in [0.3, 0.4) is 0 Å². The third kappa shape index (κ3) is 4.35. The van der Waals surface area contributed by atoms with E-state index >= 15 is 0 Å². The van der Waals surface area contributed by atoms with Crippen LogP contribution in [-0.4, -0.2) is 67.8 Å². The highest BCUT2D eigenvalue weighted by Gasteiger charge is 2.35. The Morgan fingerprint density at radius 3 is 2.52 bits per heavy atom. The molecular weight excluding hydrogens is 418 g/mol. The molecule has 0 spiro atoms. The molecular formula is C26H31N3O4. The molecule has 2 saturated heterocycles. The molecule has 5 rings (SSSR count). The minimum absolute atomic E-state index is 0.000818. The molecule has 1 aromatic heterocycles. The third-order valence-electron chi connectivity index (χ3n) is 6.86. The van der Waals surface area contributed by atoms with Crippen molar-refractivity contribution in [3.05, 3.63) is 52.3 Å². The van der Waals surface area contributed by atoms with Crippen LogP contribution in [0.15, 0.2) is 24.3 Å². The smallest absolute Gasteiger partial charge is 0.259 e. The van der Waals surface area contributed by atoms with Crippen LogP contribution >= 0.6 is 0 Å². The zero-order valence-electron chi connectivity index (χ0n) is 19.4. The number of nitrogens with zero attached hydrogens (tertiary/aromatic N) is 2. The summed E-state index contributed by atoms with van der Waals surface area (Å²) in [5.74, 6) is 0.384. The molecule has 174 valence electrons. The van der Waals surface area contributed by atoms with Crippen molar-refractivity contribution >= 4 is 29.2 Å². The van der Waals surface area contributed by atoms with Crippen LogP contribution in [0.25, 0.3) is 11.6 Å². The summed E-state index contributed by atoms with van der Waals surface area (Å²) in [5, 5.41) is 0. The van der Waals surface area contributed by atoms with Gasteiger partial charge in [-0.05, 0) is 62.4 Å². The molecule has 0 radical (unpaired) electrons. The second kappa shape index (κ2) is 9.15. The number of morpholine rings is 1.